The van der Waals surface area contributed by atoms with Crippen LogP contribution in [0.15, 0.2) is 29.1 Å². The maximum Gasteiger partial charge on any atom is 0.418 e. The van der Waals surface area contributed by atoms with Gasteiger partial charge < -0.3 is 10.1 Å². The number of amides is 1. The highest BCUT2D eigenvalue weighted by Gasteiger charge is 2.34. The van der Waals surface area contributed by atoms with Crippen molar-refractivity contribution in [2.75, 3.05) is 5.32 Å². The second-order valence-electron chi connectivity index (χ2n) is 8.11. The van der Waals surface area contributed by atoms with Crippen LogP contribution in [0.4, 0.5) is 18.9 Å². The topological polar surface area (TPSA) is 90.3 Å². The van der Waals surface area contributed by atoms with E-state index in [0.29, 0.717) is 34.6 Å². The van der Waals surface area contributed by atoms with Gasteiger partial charge >= 0.3 is 12.1 Å². The number of carbonyl (C=O) groups excluding carboxylic acids is 2. The van der Waals surface area contributed by atoms with Crippen molar-refractivity contribution >= 4 is 39.1 Å². The summed E-state index contributed by atoms with van der Waals surface area (Å²) in [7, 11) is 0. The lowest BCUT2D eigenvalue weighted by Gasteiger charge is -2.16. The molecule has 1 unspecified atom stereocenters. The number of thiophene rings is 1. The van der Waals surface area contributed by atoms with Gasteiger partial charge in [-0.2, -0.15) is 13.2 Å². The molecule has 34 heavy (non-hydrogen) atoms. The lowest BCUT2D eigenvalue weighted by Crippen LogP contribution is -2.30. The summed E-state index contributed by atoms with van der Waals surface area (Å²) in [5.41, 5.74) is -1.23. The van der Waals surface area contributed by atoms with Gasteiger partial charge in [0.2, 0.25) is 0 Å². The first kappa shape index (κ1) is 23.9. The van der Waals surface area contributed by atoms with Crippen LogP contribution in [-0.2, 0) is 28.7 Å². The number of nitrogens with zero attached hydrogens (tertiary/aromatic N) is 2. The zero-order valence-corrected chi connectivity index (χ0v) is 19.3. The second-order valence-corrected chi connectivity index (χ2v) is 9.11. The number of anilines is 1. The molecule has 0 aliphatic carbocycles. The molecular weight excluding hydrogens is 471 g/mol. The van der Waals surface area contributed by atoms with E-state index >= 15 is 0 Å². The average molecular weight is 494 g/mol. The first-order chi connectivity index (χ1) is 16.1. The molecule has 3 heterocycles. The first-order valence-corrected chi connectivity index (χ1v) is 11.6. The Morgan fingerprint density at radius 1 is 1.21 bits per heavy atom. The van der Waals surface area contributed by atoms with E-state index in [2.05, 4.69) is 10.3 Å². The van der Waals surface area contributed by atoms with Crippen molar-refractivity contribution in [3.8, 4) is 0 Å². The SMILES string of the molecule is Cc1c(C(=O)OC(C)C(=O)Nc2ccccc2C(F)(F)F)sc2nc3n(c(=O)c12)CCCCC3. The van der Waals surface area contributed by atoms with E-state index in [1.165, 1.54) is 19.1 Å². The molecule has 180 valence electrons. The highest BCUT2D eigenvalue weighted by molar-refractivity contribution is 7.20. The van der Waals surface area contributed by atoms with Gasteiger partial charge in [0.1, 0.15) is 15.5 Å². The van der Waals surface area contributed by atoms with Crippen LogP contribution in [0, 0.1) is 6.92 Å². The van der Waals surface area contributed by atoms with E-state index in [0.717, 1.165) is 42.7 Å². The molecule has 2 aromatic heterocycles. The van der Waals surface area contributed by atoms with Crippen LogP contribution in [0.5, 0.6) is 0 Å². The number of fused-ring (bicyclic) bond motifs is 2. The molecule has 0 radical (unpaired) electrons. The van der Waals surface area contributed by atoms with E-state index in [-0.39, 0.29) is 10.4 Å². The Hall–Kier alpha value is -3.21. The molecule has 7 nitrogen and oxygen atoms in total. The molecule has 4 rings (SSSR count). The maximum absolute atomic E-state index is 13.2. The van der Waals surface area contributed by atoms with Gasteiger partial charge in [-0.3, -0.25) is 14.2 Å². The number of nitrogens with one attached hydrogen (secondary N) is 1. The summed E-state index contributed by atoms with van der Waals surface area (Å²) >= 11 is 1.01. The summed E-state index contributed by atoms with van der Waals surface area (Å²) < 4.78 is 46.4. The number of hydrogen-bond donors (Lipinski definition) is 1. The normalized spacial score (nSPS) is 14.9. The fraction of sp³-hybridized carbons (Fsp3) is 0.391. The Morgan fingerprint density at radius 2 is 1.94 bits per heavy atom. The predicted octanol–water partition coefficient (Wildman–Crippen LogP) is 4.70. The minimum Gasteiger partial charge on any atom is -0.448 e. The maximum atomic E-state index is 13.2. The van der Waals surface area contributed by atoms with Gasteiger partial charge in [-0.1, -0.05) is 18.6 Å². The number of halogens is 3. The zero-order valence-electron chi connectivity index (χ0n) is 18.5. The molecule has 0 spiro atoms. The van der Waals surface area contributed by atoms with Gasteiger partial charge in [0.15, 0.2) is 6.10 Å². The van der Waals surface area contributed by atoms with Crippen molar-refractivity contribution < 1.29 is 27.5 Å². The minimum atomic E-state index is -4.66. The summed E-state index contributed by atoms with van der Waals surface area (Å²) in [6.45, 7) is 3.46. The highest BCUT2D eigenvalue weighted by atomic mass is 32.1. The number of aryl methyl sites for hydroxylation is 2. The molecule has 0 saturated carbocycles. The smallest absolute Gasteiger partial charge is 0.418 e. The molecule has 0 saturated heterocycles. The summed E-state index contributed by atoms with van der Waals surface area (Å²) in [5.74, 6) is -1.06. The van der Waals surface area contributed by atoms with Crippen molar-refractivity contribution in [1.82, 2.24) is 9.55 Å². The molecule has 1 aliphatic rings. The third kappa shape index (κ3) is 4.56. The third-order valence-corrected chi connectivity index (χ3v) is 6.91. The fourth-order valence-corrected chi connectivity index (χ4v) is 5.02. The largest absolute Gasteiger partial charge is 0.448 e. The number of aromatic nitrogens is 2. The molecule has 11 heteroatoms. The van der Waals surface area contributed by atoms with Gasteiger partial charge in [0.05, 0.1) is 16.6 Å². The van der Waals surface area contributed by atoms with Crippen LogP contribution in [0.25, 0.3) is 10.2 Å². The predicted molar refractivity (Wildman–Crippen MR) is 121 cm³/mol. The van der Waals surface area contributed by atoms with Gasteiger partial charge in [-0.15, -0.1) is 11.3 Å². The van der Waals surface area contributed by atoms with Crippen LogP contribution < -0.4 is 10.9 Å². The molecule has 1 N–H and O–H groups in total. The molecule has 1 aromatic carbocycles. The number of benzene rings is 1. The van der Waals surface area contributed by atoms with Crippen molar-refractivity contribution in [3.05, 3.63) is 56.4 Å². The van der Waals surface area contributed by atoms with E-state index in [1.54, 1.807) is 11.5 Å². The number of rotatable bonds is 4. The summed E-state index contributed by atoms with van der Waals surface area (Å²) in [5, 5.41) is 2.51. The van der Waals surface area contributed by atoms with Crippen LogP contribution in [0.3, 0.4) is 0 Å². The molecular formula is C23H22F3N3O4S. The summed E-state index contributed by atoms with van der Waals surface area (Å²) in [4.78, 5) is 43.5. The average Bonchev–Trinajstić information content (AvgIpc) is 2.94. The van der Waals surface area contributed by atoms with Crippen LogP contribution in [-0.4, -0.2) is 27.5 Å². The molecule has 1 aliphatic heterocycles. The van der Waals surface area contributed by atoms with E-state index in [4.69, 9.17) is 4.74 Å². The Bertz CT molecular complexity index is 1330. The standard InChI is InChI=1S/C23H22F3N3O4S/c1-12-17-20(28-16-10-4-3-7-11-29(16)21(17)31)34-18(12)22(32)33-13(2)19(30)27-15-9-6-5-8-14(15)23(24,25)26/h5-6,8-9,13H,3-4,7,10-11H2,1-2H3,(H,27,30). The Balaban J connectivity index is 1.55. The number of esters is 1. The Morgan fingerprint density at radius 3 is 2.68 bits per heavy atom. The number of alkyl halides is 3. The number of carbonyl (C=O) groups is 2. The lowest BCUT2D eigenvalue weighted by atomic mass is 10.1. The minimum absolute atomic E-state index is 0.135. The van der Waals surface area contributed by atoms with Crippen molar-refractivity contribution in [2.45, 2.75) is 58.4 Å². The van der Waals surface area contributed by atoms with Crippen LogP contribution in [0.1, 0.15) is 52.8 Å². The highest BCUT2D eigenvalue weighted by Crippen LogP contribution is 2.35. The quantitative estimate of drug-likeness (QED) is 0.533. The molecule has 3 aromatic rings. The van der Waals surface area contributed by atoms with Gasteiger partial charge in [-0.25, -0.2) is 9.78 Å². The van der Waals surface area contributed by atoms with Gasteiger partial charge in [0.25, 0.3) is 11.5 Å². The molecule has 1 amide bonds. The van der Waals surface area contributed by atoms with E-state index < -0.39 is 35.4 Å². The molecule has 0 fully saturated rings. The monoisotopic (exact) mass is 493 g/mol. The van der Waals surface area contributed by atoms with Crippen molar-refractivity contribution in [2.24, 2.45) is 0 Å². The second kappa shape index (κ2) is 9.21. The Kier molecular flexibility index (Phi) is 6.48. The number of hydrogen-bond acceptors (Lipinski definition) is 6. The molecule has 1 atom stereocenters. The number of para-hydroxylation sites is 1. The first-order valence-electron chi connectivity index (χ1n) is 10.8. The molecule has 0 bridgehead atoms. The van der Waals surface area contributed by atoms with E-state index in [9.17, 15) is 27.6 Å². The van der Waals surface area contributed by atoms with Crippen LogP contribution in [0.2, 0.25) is 0 Å². The summed E-state index contributed by atoms with van der Waals surface area (Å²) in [6.07, 6.45) is -2.52. The van der Waals surface area contributed by atoms with Crippen LogP contribution >= 0.6 is 11.3 Å². The number of ether oxygens (including phenoxy) is 1. The van der Waals surface area contributed by atoms with E-state index in [1.807, 2.05) is 0 Å². The Labute approximate surface area is 196 Å². The third-order valence-electron chi connectivity index (χ3n) is 5.74. The van der Waals surface area contributed by atoms with Gasteiger partial charge in [-0.05, 0) is 44.4 Å². The summed E-state index contributed by atoms with van der Waals surface area (Å²) in [6, 6.07) is 4.53. The van der Waals surface area contributed by atoms with Crippen molar-refractivity contribution in [1.29, 1.82) is 0 Å². The van der Waals surface area contributed by atoms with Gasteiger partial charge in [0, 0.05) is 13.0 Å². The fourth-order valence-electron chi connectivity index (χ4n) is 3.95. The zero-order chi connectivity index (χ0) is 24.6. The van der Waals surface area contributed by atoms with Crippen molar-refractivity contribution in [3.63, 3.8) is 0 Å². The lowest BCUT2D eigenvalue weighted by molar-refractivity contribution is -0.137.